The van der Waals surface area contributed by atoms with E-state index in [-0.39, 0.29) is 25.3 Å². The third-order valence-electron chi connectivity index (χ3n) is 2.56. The molecule has 7 heteroatoms. The largest absolute Gasteiger partial charge is 0.460 e. The third kappa shape index (κ3) is 10.4. The zero-order chi connectivity index (χ0) is 16.8. The zero-order valence-electron chi connectivity index (χ0n) is 13.2. The normalized spacial score (nSPS) is 10.3. The summed E-state index contributed by atoms with van der Waals surface area (Å²) < 4.78 is 25.1. The highest BCUT2D eigenvalue weighted by Crippen LogP contribution is 2.00. The van der Waals surface area contributed by atoms with Gasteiger partial charge in [-0.1, -0.05) is 18.2 Å². The fraction of sp³-hybridized carbons (Fsp3) is 0.500. The van der Waals surface area contributed by atoms with Crippen LogP contribution in [-0.4, -0.2) is 58.4 Å². The molecule has 0 aromatic heterocycles. The molecular weight excluding hydrogens is 304 g/mol. The Morgan fingerprint density at radius 1 is 0.783 bits per heavy atom. The van der Waals surface area contributed by atoms with Crippen molar-refractivity contribution in [3.05, 3.63) is 35.9 Å². The molecule has 1 rings (SSSR count). The third-order valence-corrected chi connectivity index (χ3v) is 2.56. The molecule has 0 N–H and O–H groups in total. The SMILES string of the molecule is CC(=O)OCOCCOCCOCCOC(=O)c1ccccc1. The molecule has 0 aliphatic carbocycles. The molecule has 0 saturated heterocycles. The maximum absolute atomic E-state index is 11.6. The van der Waals surface area contributed by atoms with E-state index in [2.05, 4.69) is 4.74 Å². The average molecular weight is 326 g/mol. The topological polar surface area (TPSA) is 80.3 Å². The molecule has 23 heavy (non-hydrogen) atoms. The molecule has 0 amide bonds. The van der Waals surface area contributed by atoms with Gasteiger partial charge in [-0.25, -0.2) is 4.79 Å². The van der Waals surface area contributed by atoms with Crippen LogP contribution in [0.3, 0.4) is 0 Å². The van der Waals surface area contributed by atoms with E-state index in [9.17, 15) is 9.59 Å². The first-order chi connectivity index (χ1) is 11.2. The molecule has 0 heterocycles. The monoisotopic (exact) mass is 326 g/mol. The second-order valence-corrected chi connectivity index (χ2v) is 4.39. The first kappa shape index (κ1) is 19.1. The van der Waals surface area contributed by atoms with E-state index < -0.39 is 0 Å². The number of rotatable bonds is 12. The predicted molar refractivity (Wildman–Crippen MR) is 80.9 cm³/mol. The summed E-state index contributed by atoms with van der Waals surface area (Å²) in [5.41, 5.74) is 0.518. The molecular formula is C16H22O7. The van der Waals surface area contributed by atoms with Crippen LogP contribution in [-0.2, 0) is 28.5 Å². The standard InChI is InChI=1S/C16H22O7/c1-14(17)23-13-21-10-9-19-7-8-20-11-12-22-16(18)15-5-3-2-4-6-15/h2-6H,7-13H2,1H3. The summed E-state index contributed by atoms with van der Waals surface area (Å²) >= 11 is 0. The Balaban J connectivity index is 1.85. The van der Waals surface area contributed by atoms with Crippen molar-refractivity contribution in [1.29, 1.82) is 0 Å². The Hall–Kier alpha value is -1.96. The smallest absolute Gasteiger partial charge is 0.338 e. The van der Waals surface area contributed by atoms with E-state index in [1.807, 2.05) is 6.07 Å². The summed E-state index contributed by atoms with van der Waals surface area (Å²) in [5.74, 6) is -0.748. The van der Waals surface area contributed by atoms with E-state index in [4.69, 9.17) is 18.9 Å². The van der Waals surface area contributed by atoms with Gasteiger partial charge >= 0.3 is 11.9 Å². The van der Waals surface area contributed by atoms with Crippen molar-refractivity contribution >= 4 is 11.9 Å². The quantitative estimate of drug-likeness (QED) is 0.326. The maximum Gasteiger partial charge on any atom is 0.338 e. The molecule has 0 saturated carbocycles. The molecule has 0 unspecified atom stereocenters. The first-order valence-electron chi connectivity index (χ1n) is 7.29. The van der Waals surface area contributed by atoms with Crippen molar-refractivity contribution in [3.8, 4) is 0 Å². The highest BCUT2D eigenvalue weighted by atomic mass is 16.7. The Bertz CT molecular complexity index is 447. The number of hydrogen-bond acceptors (Lipinski definition) is 7. The van der Waals surface area contributed by atoms with Crippen molar-refractivity contribution in [1.82, 2.24) is 0 Å². The summed E-state index contributed by atoms with van der Waals surface area (Å²) in [6.07, 6.45) is 0. The van der Waals surface area contributed by atoms with Crippen LogP contribution in [0.2, 0.25) is 0 Å². The van der Waals surface area contributed by atoms with E-state index >= 15 is 0 Å². The summed E-state index contributed by atoms with van der Waals surface area (Å²) in [6, 6.07) is 8.78. The van der Waals surface area contributed by atoms with E-state index in [1.54, 1.807) is 24.3 Å². The fourth-order valence-corrected chi connectivity index (χ4v) is 1.47. The number of ether oxygens (including phenoxy) is 5. The first-order valence-corrected chi connectivity index (χ1v) is 7.29. The van der Waals surface area contributed by atoms with Gasteiger partial charge in [0.25, 0.3) is 0 Å². The number of benzene rings is 1. The van der Waals surface area contributed by atoms with Gasteiger partial charge in [0, 0.05) is 6.92 Å². The lowest BCUT2D eigenvalue weighted by molar-refractivity contribution is -0.154. The molecule has 7 nitrogen and oxygen atoms in total. The van der Waals surface area contributed by atoms with Gasteiger partial charge in [0.05, 0.1) is 38.6 Å². The Morgan fingerprint density at radius 2 is 1.35 bits per heavy atom. The highest BCUT2D eigenvalue weighted by Gasteiger charge is 2.04. The second-order valence-electron chi connectivity index (χ2n) is 4.39. The summed E-state index contributed by atoms with van der Waals surface area (Å²) in [7, 11) is 0. The van der Waals surface area contributed by atoms with Crippen LogP contribution in [0.25, 0.3) is 0 Å². The molecule has 0 atom stereocenters. The van der Waals surface area contributed by atoms with E-state index in [0.29, 0.717) is 38.6 Å². The van der Waals surface area contributed by atoms with Gasteiger partial charge in [0.15, 0.2) is 6.79 Å². The Kier molecular flexibility index (Phi) is 10.4. The molecule has 0 spiro atoms. The average Bonchev–Trinajstić information content (AvgIpc) is 2.56. The number of carbonyl (C=O) groups excluding carboxylic acids is 2. The maximum atomic E-state index is 11.6. The fourth-order valence-electron chi connectivity index (χ4n) is 1.47. The van der Waals surface area contributed by atoms with Crippen LogP contribution in [0, 0.1) is 0 Å². The van der Waals surface area contributed by atoms with E-state index in [1.165, 1.54) is 6.92 Å². The number of esters is 2. The van der Waals surface area contributed by atoms with Gasteiger partial charge in [-0.15, -0.1) is 0 Å². The zero-order valence-corrected chi connectivity index (χ0v) is 13.2. The highest BCUT2D eigenvalue weighted by molar-refractivity contribution is 5.89. The number of hydrogen-bond donors (Lipinski definition) is 0. The van der Waals surface area contributed by atoms with Crippen LogP contribution in [0.5, 0.6) is 0 Å². The summed E-state index contributed by atoms with van der Waals surface area (Å²) in [6.45, 7) is 3.27. The minimum absolute atomic E-state index is 0.0675. The van der Waals surface area contributed by atoms with Crippen molar-refractivity contribution in [2.45, 2.75) is 6.92 Å². The van der Waals surface area contributed by atoms with Crippen molar-refractivity contribution in [2.75, 3.05) is 46.4 Å². The van der Waals surface area contributed by atoms with Crippen LogP contribution >= 0.6 is 0 Å². The lowest BCUT2D eigenvalue weighted by Crippen LogP contribution is -2.14. The molecule has 0 aliphatic heterocycles. The van der Waals surface area contributed by atoms with E-state index in [0.717, 1.165) is 0 Å². The van der Waals surface area contributed by atoms with Crippen LogP contribution in [0.4, 0.5) is 0 Å². The van der Waals surface area contributed by atoms with Gasteiger partial charge in [-0.3, -0.25) is 4.79 Å². The van der Waals surface area contributed by atoms with Crippen molar-refractivity contribution in [2.24, 2.45) is 0 Å². The molecule has 0 radical (unpaired) electrons. The van der Waals surface area contributed by atoms with Crippen molar-refractivity contribution < 1.29 is 33.3 Å². The lowest BCUT2D eigenvalue weighted by atomic mass is 10.2. The van der Waals surface area contributed by atoms with Gasteiger partial charge < -0.3 is 23.7 Å². The van der Waals surface area contributed by atoms with Gasteiger partial charge in [-0.2, -0.15) is 0 Å². The van der Waals surface area contributed by atoms with Gasteiger partial charge in [0.1, 0.15) is 6.61 Å². The van der Waals surface area contributed by atoms with Gasteiger partial charge in [-0.05, 0) is 12.1 Å². The molecule has 0 bridgehead atoms. The van der Waals surface area contributed by atoms with Crippen LogP contribution in [0.1, 0.15) is 17.3 Å². The summed E-state index contributed by atoms with van der Waals surface area (Å²) in [5, 5.41) is 0. The number of carbonyl (C=O) groups is 2. The lowest BCUT2D eigenvalue weighted by Gasteiger charge is -2.07. The Morgan fingerprint density at radius 3 is 1.96 bits per heavy atom. The summed E-state index contributed by atoms with van der Waals surface area (Å²) in [4.78, 5) is 22.0. The molecule has 1 aromatic carbocycles. The minimum atomic E-state index is -0.382. The van der Waals surface area contributed by atoms with Gasteiger partial charge in [0.2, 0.25) is 0 Å². The van der Waals surface area contributed by atoms with Crippen LogP contribution in [0.15, 0.2) is 30.3 Å². The molecule has 1 aromatic rings. The minimum Gasteiger partial charge on any atom is -0.460 e. The van der Waals surface area contributed by atoms with Crippen LogP contribution < -0.4 is 0 Å². The Labute approximate surface area is 135 Å². The molecule has 0 aliphatic rings. The molecule has 128 valence electrons. The second kappa shape index (κ2) is 12.6. The van der Waals surface area contributed by atoms with Crippen molar-refractivity contribution in [3.63, 3.8) is 0 Å². The molecule has 0 fully saturated rings. The predicted octanol–water partition coefficient (Wildman–Crippen LogP) is 1.41.